The van der Waals surface area contributed by atoms with Crippen molar-refractivity contribution in [3.8, 4) is 0 Å². The number of methoxy groups -OCH3 is 1. The third-order valence-electron chi connectivity index (χ3n) is 2.25. The second kappa shape index (κ2) is 6.37. The first-order chi connectivity index (χ1) is 7.24. The van der Waals surface area contributed by atoms with Crippen molar-refractivity contribution < 1.29 is 4.74 Å². The molecule has 0 radical (unpaired) electrons. The summed E-state index contributed by atoms with van der Waals surface area (Å²) in [5, 5.41) is 0. The van der Waals surface area contributed by atoms with Gasteiger partial charge in [0.05, 0.1) is 0 Å². The molecule has 2 N–H and O–H groups in total. The van der Waals surface area contributed by atoms with Gasteiger partial charge in [0.2, 0.25) is 0 Å². The standard InChI is InChI=1S/C11H19N3O/c1-14(7-4-8-15-2)9-10-5-3-6-13-11(10)12/h3,5-6H,4,7-9H2,1-2H3,(H2,12,13). The molecule has 0 saturated carbocycles. The maximum atomic E-state index is 5.76. The highest BCUT2D eigenvalue weighted by Crippen LogP contribution is 2.09. The van der Waals surface area contributed by atoms with E-state index < -0.39 is 0 Å². The molecule has 0 aliphatic rings. The first-order valence-electron chi connectivity index (χ1n) is 5.11. The van der Waals surface area contributed by atoms with Crippen LogP contribution in [0.3, 0.4) is 0 Å². The minimum absolute atomic E-state index is 0.621. The summed E-state index contributed by atoms with van der Waals surface area (Å²) in [7, 11) is 3.79. The molecule has 0 spiro atoms. The van der Waals surface area contributed by atoms with Crippen LogP contribution in [0.25, 0.3) is 0 Å². The highest BCUT2D eigenvalue weighted by Gasteiger charge is 2.03. The molecule has 0 aliphatic heterocycles. The Morgan fingerprint density at radius 3 is 3.00 bits per heavy atom. The third kappa shape index (κ3) is 4.27. The van der Waals surface area contributed by atoms with Crippen LogP contribution in [0.1, 0.15) is 12.0 Å². The summed E-state index contributed by atoms with van der Waals surface area (Å²) in [6.07, 6.45) is 2.75. The van der Waals surface area contributed by atoms with Crippen LogP contribution in [-0.4, -0.2) is 37.2 Å². The lowest BCUT2D eigenvalue weighted by molar-refractivity contribution is 0.178. The zero-order valence-corrected chi connectivity index (χ0v) is 9.44. The molecule has 0 aliphatic carbocycles. The van der Waals surface area contributed by atoms with E-state index in [9.17, 15) is 0 Å². The van der Waals surface area contributed by atoms with Gasteiger partial charge in [-0.3, -0.25) is 0 Å². The summed E-state index contributed by atoms with van der Waals surface area (Å²) in [6, 6.07) is 3.92. The van der Waals surface area contributed by atoms with E-state index in [0.29, 0.717) is 5.82 Å². The lowest BCUT2D eigenvalue weighted by atomic mass is 10.2. The molecule has 0 fully saturated rings. The Morgan fingerprint density at radius 1 is 1.53 bits per heavy atom. The van der Waals surface area contributed by atoms with Crippen LogP contribution in [0.4, 0.5) is 5.82 Å². The normalized spacial score (nSPS) is 10.9. The number of ether oxygens (including phenoxy) is 1. The Kier molecular flexibility index (Phi) is 5.07. The van der Waals surface area contributed by atoms with Crippen LogP contribution in [0, 0.1) is 0 Å². The van der Waals surface area contributed by atoms with Crippen molar-refractivity contribution in [3.05, 3.63) is 23.9 Å². The predicted molar refractivity (Wildman–Crippen MR) is 61.5 cm³/mol. The van der Waals surface area contributed by atoms with Crippen molar-refractivity contribution in [2.75, 3.05) is 33.0 Å². The molecule has 1 aromatic heterocycles. The Morgan fingerprint density at radius 2 is 2.33 bits per heavy atom. The smallest absolute Gasteiger partial charge is 0.127 e. The quantitative estimate of drug-likeness (QED) is 0.714. The molecule has 0 aromatic carbocycles. The number of nitrogens with zero attached hydrogens (tertiary/aromatic N) is 2. The summed E-state index contributed by atoms with van der Waals surface area (Å²) >= 11 is 0. The summed E-state index contributed by atoms with van der Waals surface area (Å²) < 4.78 is 5.00. The molecule has 0 amide bonds. The van der Waals surface area contributed by atoms with Gasteiger partial charge in [-0.25, -0.2) is 4.98 Å². The number of hydrogen-bond acceptors (Lipinski definition) is 4. The zero-order valence-electron chi connectivity index (χ0n) is 9.44. The molecule has 0 atom stereocenters. The lowest BCUT2D eigenvalue weighted by Crippen LogP contribution is -2.21. The van der Waals surface area contributed by atoms with Crippen LogP contribution >= 0.6 is 0 Å². The number of nitrogens with two attached hydrogens (primary N) is 1. The van der Waals surface area contributed by atoms with Gasteiger partial charge in [0.25, 0.3) is 0 Å². The summed E-state index contributed by atoms with van der Waals surface area (Å²) in [5.74, 6) is 0.621. The minimum atomic E-state index is 0.621. The molecule has 4 heteroatoms. The molecule has 4 nitrogen and oxygen atoms in total. The molecule has 1 rings (SSSR count). The summed E-state index contributed by atoms with van der Waals surface area (Å²) in [6.45, 7) is 2.64. The highest BCUT2D eigenvalue weighted by atomic mass is 16.5. The number of hydrogen-bond donors (Lipinski definition) is 1. The Hall–Kier alpha value is -1.13. The molecular formula is C11H19N3O. The fraction of sp³-hybridized carbons (Fsp3) is 0.545. The van der Waals surface area contributed by atoms with Gasteiger partial charge in [-0.05, 0) is 19.5 Å². The summed E-state index contributed by atoms with van der Waals surface area (Å²) in [4.78, 5) is 6.27. The van der Waals surface area contributed by atoms with Crippen molar-refractivity contribution in [1.82, 2.24) is 9.88 Å². The summed E-state index contributed by atoms with van der Waals surface area (Å²) in [5.41, 5.74) is 6.84. The third-order valence-corrected chi connectivity index (χ3v) is 2.25. The van der Waals surface area contributed by atoms with E-state index in [1.165, 1.54) is 0 Å². The Labute approximate surface area is 91.1 Å². The van der Waals surface area contributed by atoms with E-state index in [1.54, 1.807) is 13.3 Å². The van der Waals surface area contributed by atoms with E-state index in [0.717, 1.165) is 31.7 Å². The van der Waals surface area contributed by atoms with Crippen molar-refractivity contribution in [2.24, 2.45) is 0 Å². The van der Waals surface area contributed by atoms with Crippen LogP contribution in [0.15, 0.2) is 18.3 Å². The molecule has 0 unspecified atom stereocenters. The monoisotopic (exact) mass is 209 g/mol. The largest absolute Gasteiger partial charge is 0.385 e. The number of aromatic nitrogens is 1. The topological polar surface area (TPSA) is 51.4 Å². The van der Waals surface area contributed by atoms with Crippen molar-refractivity contribution >= 4 is 5.82 Å². The Balaban J connectivity index is 2.37. The van der Waals surface area contributed by atoms with E-state index >= 15 is 0 Å². The van der Waals surface area contributed by atoms with Gasteiger partial charge < -0.3 is 15.4 Å². The molecule has 0 bridgehead atoms. The van der Waals surface area contributed by atoms with Gasteiger partial charge in [-0.15, -0.1) is 0 Å². The van der Waals surface area contributed by atoms with Gasteiger partial charge in [-0.1, -0.05) is 6.07 Å². The fourth-order valence-corrected chi connectivity index (χ4v) is 1.43. The van der Waals surface area contributed by atoms with E-state index in [4.69, 9.17) is 10.5 Å². The average molecular weight is 209 g/mol. The van der Waals surface area contributed by atoms with E-state index in [-0.39, 0.29) is 0 Å². The van der Waals surface area contributed by atoms with E-state index in [1.807, 2.05) is 12.1 Å². The van der Waals surface area contributed by atoms with Crippen LogP contribution < -0.4 is 5.73 Å². The molecule has 1 heterocycles. The average Bonchev–Trinajstić information content (AvgIpc) is 2.22. The molecule has 1 aromatic rings. The molecular weight excluding hydrogens is 190 g/mol. The second-order valence-electron chi connectivity index (χ2n) is 3.63. The molecule has 84 valence electrons. The number of nitrogen functional groups attached to an aromatic ring is 1. The van der Waals surface area contributed by atoms with Gasteiger partial charge in [0.1, 0.15) is 5.82 Å². The van der Waals surface area contributed by atoms with Crippen molar-refractivity contribution in [3.63, 3.8) is 0 Å². The van der Waals surface area contributed by atoms with Gasteiger partial charge >= 0.3 is 0 Å². The highest BCUT2D eigenvalue weighted by molar-refractivity contribution is 5.38. The maximum absolute atomic E-state index is 5.76. The first kappa shape index (κ1) is 11.9. The van der Waals surface area contributed by atoms with Crippen molar-refractivity contribution in [1.29, 1.82) is 0 Å². The SMILES string of the molecule is COCCCN(C)Cc1cccnc1N. The number of rotatable bonds is 6. The van der Waals surface area contributed by atoms with Gasteiger partial charge in [-0.2, -0.15) is 0 Å². The maximum Gasteiger partial charge on any atom is 0.127 e. The van der Waals surface area contributed by atoms with Crippen molar-refractivity contribution in [2.45, 2.75) is 13.0 Å². The molecule has 15 heavy (non-hydrogen) atoms. The van der Waals surface area contributed by atoms with Gasteiger partial charge in [0.15, 0.2) is 0 Å². The lowest BCUT2D eigenvalue weighted by Gasteiger charge is -2.16. The number of anilines is 1. The minimum Gasteiger partial charge on any atom is -0.385 e. The molecule has 0 saturated heterocycles. The van der Waals surface area contributed by atoms with Crippen LogP contribution in [-0.2, 0) is 11.3 Å². The predicted octanol–water partition coefficient (Wildman–Crippen LogP) is 1.13. The van der Waals surface area contributed by atoms with Crippen LogP contribution in [0.2, 0.25) is 0 Å². The van der Waals surface area contributed by atoms with Gasteiger partial charge in [0, 0.05) is 38.6 Å². The number of pyridine rings is 1. The van der Waals surface area contributed by atoms with Crippen LogP contribution in [0.5, 0.6) is 0 Å². The van der Waals surface area contributed by atoms with E-state index in [2.05, 4.69) is 16.9 Å². The fourth-order valence-electron chi connectivity index (χ4n) is 1.43. The Bertz CT molecular complexity index is 291. The second-order valence-corrected chi connectivity index (χ2v) is 3.63. The first-order valence-corrected chi connectivity index (χ1v) is 5.11. The zero-order chi connectivity index (χ0) is 11.1.